The third kappa shape index (κ3) is 2.63. The molecule has 0 unspecified atom stereocenters. The first-order valence-electron chi connectivity index (χ1n) is 7.94. The van der Waals surface area contributed by atoms with Crippen LogP contribution in [0.2, 0.25) is 0 Å². The Bertz CT molecular complexity index is 636. The number of Topliss-reactive ketones (excluding diaryl/α,β-unsaturated/α-hetero) is 1. The summed E-state index contributed by atoms with van der Waals surface area (Å²) in [5.41, 5.74) is 2.16. The number of ketones is 1. The second-order valence-corrected chi connectivity index (χ2v) is 6.66. The highest BCUT2D eigenvalue weighted by atomic mass is 16.5. The van der Waals surface area contributed by atoms with E-state index in [1.54, 1.807) is 12.1 Å². The van der Waals surface area contributed by atoms with Crippen molar-refractivity contribution in [2.24, 2.45) is 5.92 Å². The van der Waals surface area contributed by atoms with Gasteiger partial charge in [0.05, 0.1) is 11.1 Å². The molecule has 118 valence electrons. The van der Waals surface area contributed by atoms with Crippen molar-refractivity contribution in [3.05, 3.63) is 34.6 Å². The summed E-state index contributed by atoms with van der Waals surface area (Å²) in [5, 5.41) is 10.2. The first-order valence-corrected chi connectivity index (χ1v) is 7.94. The van der Waals surface area contributed by atoms with E-state index in [0.29, 0.717) is 23.6 Å². The van der Waals surface area contributed by atoms with Gasteiger partial charge in [-0.25, -0.2) is 0 Å². The Hall–Kier alpha value is -1.81. The smallest absolute Gasteiger partial charge is 0.231 e. The lowest BCUT2D eigenvalue weighted by Crippen LogP contribution is -2.32. The molecule has 0 aromatic heterocycles. The van der Waals surface area contributed by atoms with Crippen molar-refractivity contribution in [2.75, 3.05) is 13.1 Å². The van der Waals surface area contributed by atoms with E-state index in [2.05, 4.69) is 11.8 Å². The van der Waals surface area contributed by atoms with Crippen LogP contribution in [0.15, 0.2) is 23.5 Å². The largest absolute Gasteiger partial charge is 0.507 e. The Balaban J connectivity index is 1.91. The Morgan fingerprint density at radius 1 is 1.32 bits per heavy atom. The SMILES string of the molecule is CC(C)=C1Oc2c(ccc(O)c2CN2CCC(C)CC2)C1=O. The quantitative estimate of drug-likeness (QED) is 0.850. The number of allylic oxidation sites excluding steroid dienone is 2. The molecule has 4 nitrogen and oxygen atoms in total. The van der Waals surface area contributed by atoms with Gasteiger partial charge in [0, 0.05) is 6.54 Å². The number of carbonyl (C=O) groups excluding carboxylic acids is 1. The van der Waals surface area contributed by atoms with Crippen LogP contribution in [0.4, 0.5) is 0 Å². The molecule has 3 rings (SSSR count). The van der Waals surface area contributed by atoms with Gasteiger partial charge in [-0.05, 0) is 63.4 Å². The molecule has 4 heteroatoms. The minimum Gasteiger partial charge on any atom is -0.507 e. The van der Waals surface area contributed by atoms with Gasteiger partial charge in [-0.3, -0.25) is 9.69 Å². The first-order chi connectivity index (χ1) is 10.5. The molecule has 1 N–H and O–H groups in total. The van der Waals surface area contributed by atoms with Crippen molar-refractivity contribution in [2.45, 2.75) is 40.2 Å². The molecule has 0 saturated carbocycles. The number of piperidine rings is 1. The molecule has 22 heavy (non-hydrogen) atoms. The zero-order chi connectivity index (χ0) is 15.9. The van der Waals surface area contributed by atoms with Gasteiger partial charge in [-0.15, -0.1) is 0 Å². The van der Waals surface area contributed by atoms with E-state index in [1.165, 1.54) is 12.8 Å². The van der Waals surface area contributed by atoms with Crippen LogP contribution in [0.25, 0.3) is 0 Å². The highest BCUT2D eigenvalue weighted by molar-refractivity contribution is 6.13. The van der Waals surface area contributed by atoms with Gasteiger partial charge in [-0.1, -0.05) is 6.92 Å². The Labute approximate surface area is 131 Å². The van der Waals surface area contributed by atoms with Crippen LogP contribution < -0.4 is 4.74 Å². The van der Waals surface area contributed by atoms with E-state index in [0.717, 1.165) is 30.1 Å². The second kappa shape index (κ2) is 5.76. The van der Waals surface area contributed by atoms with Crippen LogP contribution in [0.5, 0.6) is 11.5 Å². The van der Waals surface area contributed by atoms with Gasteiger partial charge >= 0.3 is 0 Å². The van der Waals surface area contributed by atoms with E-state index in [4.69, 9.17) is 4.74 Å². The fourth-order valence-electron chi connectivity index (χ4n) is 3.11. The summed E-state index contributed by atoms with van der Waals surface area (Å²) in [6.45, 7) is 8.68. The molecule has 0 atom stereocenters. The number of carbonyl (C=O) groups is 1. The first kappa shape index (κ1) is 15.1. The molecule has 2 heterocycles. The number of hydrogen-bond acceptors (Lipinski definition) is 4. The third-order valence-electron chi connectivity index (χ3n) is 4.60. The summed E-state index contributed by atoms with van der Waals surface area (Å²) in [6.07, 6.45) is 2.35. The number of fused-ring (bicyclic) bond motifs is 1. The maximum Gasteiger partial charge on any atom is 0.231 e. The standard InChI is InChI=1S/C18H23NO3/c1-11(2)17-16(21)13-4-5-15(20)14(18(13)22-17)10-19-8-6-12(3)7-9-19/h4-5,12,20H,6-10H2,1-3H3. The molecule has 0 bridgehead atoms. The van der Waals surface area contributed by atoms with E-state index in [-0.39, 0.29) is 11.5 Å². The number of aromatic hydroxyl groups is 1. The molecule has 1 aromatic rings. The maximum absolute atomic E-state index is 12.4. The number of ether oxygens (including phenoxy) is 1. The summed E-state index contributed by atoms with van der Waals surface area (Å²) in [5.74, 6) is 1.83. The monoisotopic (exact) mass is 301 g/mol. The van der Waals surface area contributed by atoms with Crippen molar-refractivity contribution in [3.63, 3.8) is 0 Å². The lowest BCUT2D eigenvalue weighted by Gasteiger charge is -2.30. The minimum absolute atomic E-state index is 0.0801. The van der Waals surface area contributed by atoms with Crippen LogP contribution >= 0.6 is 0 Å². The van der Waals surface area contributed by atoms with Crippen molar-refractivity contribution < 1.29 is 14.6 Å². The topological polar surface area (TPSA) is 49.8 Å². The number of likely N-dealkylation sites (tertiary alicyclic amines) is 1. The van der Waals surface area contributed by atoms with Gasteiger partial charge in [-0.2, -0.15) is 0 Å². The molecular weight excluding hydrogens is 278 g/mol. The molecule has 0 aliphatic carbocycles. The van der Waals surface area contributed by atoms with Gasteiger partial charge in [0.25, 0.3) is 0 Å². The zero-order valence-electron chi connectivity index (χ0n) is 13.5. The predicted octanol–water partition coefficient (Wildman–Crippen LogP) is 3.49. The number of hydrogen-bond donors (Lipinski definition) is 1. The van der Waals surface area contributed by atoms with E-state index in [1.807, 2.05) is 13.8 Å². The molecule has 1 fully saturated rings. The molecule has 2 aliphatic rings. The van der Waals surface area contributed by atoms with Crippen LogP contribution in [-0.2, 0) is 6.54 Å². The second-order valence-electron chi connectivity index (χ2n) is 6.66. The Morgan fingerprint density at radius 3 is 2.64 bits per heavy atom. The van der Waals surface area contributed by atoms with Gasteiger partial charge in [0.1, 0.15) is 11.5 Å². The lowest BCUT2D eigenvalue weighted by molar-refractivity contribution is 0.101. The van der Waals surface area contributed by atoms with Crippen LogP contribution in [0, 0.1) is 5.92 Å². The van der Waals surface area contributed by atoms with Crippen molar-refractivity contribution in [1.29, 1.82) is 0 Å². The summed E-state index contributed by atoms with van der Waals surface area (Å²) < 4.78 is 5.80. The number of benzene rings is 1. The maximum atomic E-state index is 12.4. The van der Waals surface area contributed by atoms with E-state index >= 15 is 0 Å². The molecule has 1 saturated heterocycles. The van der Waals surface area contributed by atoms with E-state index in [9.17, 15) is 9.90 Å². The fourth-order valence-corrected chi connectivity index (χ4v) is 3.11. The molecule has 0 spiro atoms. The van der Waals surface area contributed by atoms with E-state index < -0.39 is 0 Å². The third-order valence-corrected chi connectivity index (χ3v) is 4.60. The Morgan fingerprint density at radius 2 is 2.00 bits per heavy atom. The average Bonchev–Trinajstić information content (AvgIpc) is 2.82. The van der Waals surface area contributed by atoms with Crippen molar-refractivity contribution >= 4 is 5.78 Å². The number of phenols is 1. The molecule has 2 aliphatic heterocycles. The number of rotatable bonds is 2. The summed E-state index contributed by atoms with van der Waals surface area (Å²) >= 11 is 0. The predicted molar refractivity (Wildman–Crippen MR) is 85.1 cm³/mol. The van der Waals surface area contributed by atoms with Crippen LogP contribution in [-0.4, -0.2) is 28.9 Å². The summed E-state index contributed by atoms with van der Waals surface area (Å²) in [6, 6.07) is 3.26. The lowest BCUT2D eigenvalue weighted by atomic mass is 9.98. The Kier molecular flexibility index (Phi) is 3.96. The van der Waals surface area contributed by atoms with Crippen LogP contribution in [0.1, 0.15) is 49.5 Å². The van der Waals surface area contributed by atoms with Gasteiger partial charge in [0.15, 0.2) is 5.76 Å². The zero-order valence-corrected chi connectivity index (χ0v) is 13.5. The molecular formula is C18H23NO3. The van der Waals surface area contributed by atoms with Crippen LogP contribution in [0.3, 0.4) is 0 Å². The number of nitrogens with zero attached hydrogens (tertiary/aromatic N) is 1. The highest BCUT2D eigenvalue weighted by Gasteiger charge is 2.32. The highest BCUT2D eigenvalue weighted by Crippen LogP contribution is 2.40. The summed E-state index contributed by atoms with van der Waals surface area (Å²) in [7, 11) is 0. The van der Waals surface area contributed by atoms with Gasteiger partial charge < -0.3 is 9.84 Å². The fraction of sp³-hybridized carbons (Fsp3) is 0.500. The number of phenolic OH excluding ortho intramolecular Hbond substituents is 1. The minimum atomic E-state index is -0.0801. The van der Waals surface area contributed by atoms with Gasteiger partial charge in [0.2, 0.25) is 5.78 Å². The molecule has 0 radical (unpaired) electrons. The molecule has 0 amide bonds. The average molecular weight is 301 g/mol. The normalized spacial score (nSPS) is 19.2. The molecule has 1 aromatic carbocycles. The van der Waals surface area contributed by atoms with Crippen molar-refractivity contribution in [3.8, 4) is 11.5 Å². The van der Waals surface area contributed by atoms with Crippen molar-refractivity contribution in [1.82, 2.24) is 4.90 Å². The summed E-state index contributed by atoms with van der Waals surface area (Å²) in [4.78, 5) is 14.7.